The van der Waals surface area contributed by atoms with E-state index in [1.165, 1.54) is 0 Å². The fourth-order valence-electron chi connectivity index (χ4n) is 2.58. The van der Waals surface area contributed by atoms with Crippen LogP contribution in [0, 0.1) is 13.8 Å². The molecular formula is C16H17ClN4O. The highest BCUT2D eigenvalue weighted by atomic mass is 35.5. The molecule has 0 radical (unpaired) electrons. The number of ether oxygens (including phenoxy) is 1. The summed E-state index contributed by atoms with van der Waals surface area (Å²) in [5.41, 5.74) is 4.09. The third-order valence-electron chi connectivity index (χ3n) is 3.79. The number of methoxy groups -OCH3 is 1. The summed E-state index contributed by atoms with van der Waals surface area (Å²) in [4.78, 5) is 4.15. The van der Waals surface area contributed by atoms with Crippen molar-refractivity contribution in [2.75, 3.05) is 12.4 Å². The first-order chi connectivity index (χ1) is 10.5. The lowest BCUT2D eigenvalue weighted by molar-refractivity contribution is 0.412. The van der Waals surface area contributed by atoms with Gasteiger partial charge in [-0.15, -0.1) is 0 Å². The van der Waals surface area contributed by atoms with Crippen LogP contribution < -0.4 is 10.1 Å². The Morgan fingerprint density at radius 1 is 1.27 bits per heavy atom. The number of hydrogen-bond donors (Lipinski definition) is 1. The second-order valence-electron chi connectivity index (χ2n) is 5.21. The molecule has 3 aromatic rings. The number of nitrogens with zero attached hydrogens (tertiary/aromatic N) is 3. The molecule has 0 aliphatic heterocycles. The van der Waals surface area contributed by atoms with Gasteiger partial charge in [0.05, 0.1) is 18.0 Å². The minimum atomic E-state index is 0.454. The average molecular weight is 317 g/mol. The molecule has 0 saturated carbocycles. The molecule has 0 atom stereocenters. The van der Waals surface area contributed by atoms with Crippen molar-refractivity contribution in [1.82, 2.24) is 14.8 Å². The lowest BCUT2D eigenvalue weighted by Gasteiger charge is -2.14. The zero-order valence-corrected chi connectivity index (χ0v) is 13.7. The maximum atomic E-state index is 5.96. The maximum Gasteiger partial charge on any atom is 0.161 e. The van der Waals surface area contributed by atoms with Crippen LogP contribution in [0.15, 0.2) is 24.4 Å². The summed E-state index contributed by atoms with van der Waals surface area (Å²) in [6.45, 7) is 4.07. The number of aryl methyl sites for hydroxylation is 2. The minimum absolute atomic E-state index is 0.454. The summed E-state index contributed by atoms with van der Waals surface area (Å²) >= 11 is 5.96. The molecule has 3 rings (SSSR count). The number of pyridine rings is 1. The van der Waals surface area contributed by atoms with Crippen molar-refractivity contribution in [3.8, 4) is 5.75 Å². The quantitative estimate of drug-likeness (QED) is 0.742. The topological polar surface area (TPSA) is 52.0 Å². The van der Waals surface area contributed by atoms with Crippen LogP contribution in [-0.4, -0.2) is 21.9 Å². The molecule has 1 N–H and O–H groups in total. The van der Waals surface area contributed by atoms with Gasteiger partial charge in [0.2, 0.25) is 0 Å². The van der Waals surface area contributed by atoms with Crippen molar-refractivity contribution in [3.05, 3.63) is 40.7 Å². The highest BCUT2D eigenvalue weighted by Crippen LogP contribution is 2.33. The van der Waals surface area contributed by atoms with E-state index >= 15 is 0 Å². The normalized spacial score (nSPS) is 11.0. The van der Waals surface area contributed by atoms with Gasteiger partial charge in [-0.3, -0.25) is 4.68 Å². The van der Waals surface area contributed by atoms with E-state index in [1.54, 1.807) is 24.1 Å². The Labute approximate surface area is 133 Å². The molecule has 5 nitrogen and oxygen atoms in total. The average Bonchev–Trinajstić information content (AvgIpc) is 2.79. The van der Waals surface area contributed by atoms with Crippen molar-refractivity contribution in [2.24, 2.45) is 7.05 Å². The van der Waals surface area contributed by atoms with Gasteiger partial charge in [-0.05, 0) is 25.5 Å². The van der Waals surface area contributed by atoms with Crippen LogP contribution >= 0.6 is 11.6 Å². The third-order valence-corrected chi connectivity index (χ3v) is 4.00. The van der Waals surface area contributed by atoms with Crippen molar-refractivity contribution >= 4 is 34.0 Å². The van der Waals surface area contributed by atoms with E-state index in [1.807, 2.05) is 26.1 Å². The lowest BCUT2D eigenvalue weighted by Crippen LogP contribution is -2.00. The Bertz CT molecular complexity index is 857. The third kappa shape index (κ3) is 2.37. The van der Waals surface area contributed by atoms with E-state index in [9.17, 15) is 0 Å². The second kappa shape index (κ2) is 5.50. The molecule has 6 heteroatoms. The van der Waals surface area contributed by atoms with Crippen LogP contribution in [0.1, 0.15) is 11.1 Å². The van der Waals surface area contributed by atoms with Gasteiger partial charge in [0.25, 0.3) is 0 Å². The van der Waals surface area contributed by atoms with Gasteiger partial charge in [0.1, 0.15) is 10.9 Å². The van der Waals surface area contributed by atoms with Crippen molar-refractivity contribution in [1.29, 1.82) is 0 Å². The molecular weight excluding hydrogens is 300 g/mol. The van der Waals surface area contributed by atoms with Crippen LogP contribution in [0.3, 0.4) is 0 Å². The number of hydrogen-bond acceptors (Lipinski definition) is 4. The van der Waals surface area contributed by atoms with Crippen molar-refractivity contribution in [3.63, 3.8) is 0 Å². The number of halogens is 1. The Morgan fingerprint density at radius 3 is 2.77 bits per heavy atom. The van der Waals surface area contributed by atoms with Gasteiger partial charge >= 0.3 is 0 Å². The van der Waals surface area contributed by atoms with Crippen LogP contribution in [-0.2, 0) is 7.05 Å². The molecule has 0 saturated heterocycles. The minimum Gasteiger partial charge on any atom is -0.496 e. The molecule has 0 aliphatic carbocycles. The van der Waals surface area contributed by atoms with Gasteiger partial charge in [0, 0.05) is 30.6 Å². The summed E-state index contributed by atoms with van der Waals surface area (Å²) in [7, 11) is 3.55. The first-order valence-corrected chi connectivity index (χ1v) is 7.28. The summed E-state index contributed by atoms with van der Waals surface area (Å²) in [6.07, 6.45) is 1.73. The van der Waals surface area contributed by atoms with Gasteiger partial charge in [-0.2, -0.15) is 5.10 Å². The van der Waals surface area contributed by atoms with E-state index in [4.69, 9.17) is 16.3 Å². The standard InChI is InChI=1S/C16H17ClN4O/c1-9-5-6-13(22-4)10(2)15(9)19-16-11-8-18-14(17)7-12(11)21(3)20-16/h5-8H,1-4H3,(H,19,20). The SMILES string of the molecule is COc1ccc(C)c(Nc2nn(C)c3cc(Cl)ncc23)c1C. The zero-order chi connectivity index (χ0) is 15.9. The Kier molecular flexibility index (Phi) is 3.66. The summed E-state index contributed by atoms with van der Waals surface area (Å²) in [5, 5.41) is 9.31. The van der Waals surface area contributed by atoms with Gasteiger partial charge < -0.3 is 10.1 Å². The molecule has 114 valence electrons. The van der Waals surface area contributed by atoms with E-state index < -0.39 is 0 Å². The van der Waals surface area contributed by atoms with Crippen LogP contribution in [0.2, 0.25) is 5.15 Å². The molecule has 0 unspecified atom stereocenters. The van der Waals surface area contributed by atoms with Gasteiger partial charge in [-0.1, -0.05) is 17.7 Å². The smallest absolute Gasteiger partial charge is 0.161 e. The number of anilines is 2. The maximum absolute atomic E-state index is 5.96. The predicted molar refractivity (Wildman–Crippen MR) is 89.3 cm³/mol. The van der Waals surface area contributed by atoms with Crippen molar-refractivity contribution < 1.29 is 4.74 Å². The molecule has 22 heavy (non-hydrogen) atoms. The number of benzene rings is 1. The fraction of sp³-hybridized carbons (Fsp3) is 0.250. The van der Waals surface area contributed by atoms with Crippen LogP contribution in [0.5, 0.6) is 5.75 Å². The first-order valence-electron chi connectivity index (χ1n) is 6.90. The Morgan fingerprint density at radius 2 is 2.05 bits per heavy atom. The molecule has 2 heterocycles. The fourth-order valence-corrected chi connectivity index (χ4v) is 2.73. The number of fused-ring (bicyclic) bond motifs is 1. The summed E-state index contributed by atoms with van der Waals surface area (Å²) in [5.74, 6) is 1.59. The molecule has 2 aromatic heterocycles. The molecule has 0 bridgehead atoms. The molecule has 0 amide bonds. The van der Waals surface area contributed by atoms with Crippen molar-refractivity contribution in [2.45, 2.75) is 13.8 Å². The van der Waals surface area contributed by atoms with Crippen LogP contribution in [0.25, 0.3) is 10.9 Å². The van der Waals surface area contributed by atoms with E-state index in [2.05, 4.69) is 22.3 Å². The highest BCUT2D eigenvalue weighted by Gasteiger charge is 2.14. The largest absolute Gasteiger partial charge is 0.496 e. The molecule has 0 aliphatic rings. The number of rotatable bonds is 3. The summed E-state index contributed by atoms with van der Waals surface area (Å²) in [6, 6.07) is 5.79. The molecule has 0 fully saturated rings. The molecule has 0 spiro atoms. The molecule has 1 aromatic carbocycles. The van der Waals surface area contributed by atoms with Crippen LogP contribution in [0.4, 0.5) is 11.5 Å². The Hall–Kier alpha value is -2.27. The van der Waals surface area contributed by atoms with Gasteiger partial charge in [-0.25, -0.2) is 4.98 Å². The lowest BCUT2D eigenvalue weighted by atomic mass is 10.1. The van der Waals surface area contributed by atoms with Gasteiger partial charge in [0.15, 0.2) is 5.82 Å². The van der Waals surface area contributed by atoms with E-state index in [0.717, 1.165) is 39.3 Å². The number of nitrogens with one attached hydrogen (secondary N) is 1. The zero-order valence-electron chi connectivity index (χ0n) is 12.9. The second-order valence-corrected chi connectivity index (χ2v) is 5.59. The van der Waals surface area contributed by atoms with E-state index in [-0.39, 0.29) is 0 Å². The Balaban J connectivity index is 2.11. The predicted octanol–water partition coefficient (Wildman–Crippen LogP) is 3.99. The first kappa shape index (κ1) is 14.7. The summed E-state index contributed by atoms with van der Waals surface area (Å²) < 4.78 is 7.18. The monoisotopic (exact) mass is 316 g/mol. The number of aromatic nitrogens is 3. The van der Waals surface area contributed by atoms with E-state index in [0.29, 0.717) is 5.15 Å². The highest BCUT2D eigenvalue weighted by molar-refractivity contribution is 6.30.